The summed E-state index contributed by atoms with van der Waals surface area (Å²) in [5.74, 6) is -0.423. The summed E-state index contributed by atoms with van der Waals surface area (Å²) in [6.07, 6.45) is 2.37. The Labute approximate surface area is 103 Å². The molecule has 1 spiro atoms. The van der Waals surface area contributed by atoms with E-state index in [1.165, 1.54) is 4.31 Å². The van der Waals surface area contributed by atoms with Crippen LogP contribution in [0.1, 0.15) is 26.2 Å². The first-order valence-corrected chi connectivity index (χ1v) is 7.76. The molecule has 0 aromatic carbocycles. The largest absolute Gasteiger partial charge is 0.303 e. The summed E-state index contributed by atoms with van der Waals surface area (Å²) in [5, 5.41) is 0. The van der Waals surface area contributed by atoms with Crippen LogP contribution < -0.4 is 0 Å². The Kier molecular flexibility index (Phi) is 3.31. The van der Waals surface area contributed by atoms with E-state index in [4.69, 9.17) is 0 Å². The second-order valence-corrected chi connectivity index (χ2v) is 7.02. The summed E-state index contributed by atoms with van der Waals surface area (Å²) in [6, 6.07) is 0. The minimum atomic E-state index is -3.35. The molecule has 0 saturated carbocycles. The lowest BCUT2D eigenvalue weighted by atomic mass is 9.84. The molecule has 2 aliphatic rings. The maximum atomic E-state index is 12.0. The number of nitrogens with zero attached hydrogens (tertiary/aromatic N) is 2. The van der Waals surface area contributed by atoms with Crippen LogP contribution in [0.2, 0.25) is 0 Å². The van der Waals surface area contributed by atoms with E-state index in [1.807, 2.05) is 0 Å². The van der Waals surface area contributed by atoms with Crippen molar-refractivity contribution in [2.24, 2.45) is 0 Å². The number of Topliss-reactive ketones (excluding diaryl/α,β-unsaturated/α-hetero) is 1. The van der Waals surface area contributed by atoms with E-state index in [9.17, 15) is 13.2 Å². The highest BCUT2D eigenvalue weighted by Gasteiger charge is 2.55. The van der Waals surface area contributed by atoms with Crippen LogP contribution in [0.5, 0.6) is 0 Å². The molecule has 2 saturated heterocycles. The number of piperidine rings is 1. The van der Waals surface area contributed by atoms with Gasteiger partial charge in [0, 0.05) is 20.1 Å². The minimum Gasteiger partial charge on any atom is -0.303 e. The molecule has 0 aromatic rings. The normalized spacial score (nSPS) is 28.9. The first kappa shape index (κ1) is 13.0. The molecule has 0 bridgehead atoms. The third-order valence-electron chi connectivity index (χ3n) is 4.08. The smallest absolute Gasteiger partial charge is 0.221 e. The molecule has 2 heterocycles. The number of sulfonamides is 1. The van der Waals surface area contributed by atoms with Gasteiger partial charge < -0.3 is 4.90 Å². The maximum absolute atomic E-state index is 12.0. The molecule has 2 fully saturated rings. The standard InChI is InChI=1S/C11H20N2O3S/c1-3-6-13-7-4-11(5-8-13)10(14)9-17(15,16)12(11)2/h3-9H2,1-2H3. The van der Waals surface area contributed by atoms with E-state index in [0.29, 0.717) is 12.8 Å². The molecule has 0 aromatic heterocycles. The number of hydrogen-bond donors (Lipinski definition) is 0. The Hall–Kier alpha value is -0.460. The lowest BCUT2D eigenvalue weighted by Gasteiger charge is -2.40. The average Bonchev–Trinajstić information content (AvgIpc) is 2.43. The van der Waals surface area contributed by atoms with Crippen molar-refractivity contribution in [3.05, 3.63) is 0 Å². The molecule has 5 nitrogen and oxygen atoms in total. The van der Waals surface area contributed by atoms with Crippen LogP contribution >= 0.6 is 0 Å². The Morgan fingerprint density at radius 2 is 1.88 bits per heavy atom. The Morgan fingerprint density at radius 3 is 2.29 bits per heavy atom. The molecule has 98 valence electrons. The van der Waals surface area contributed by atoms with Gasteiger partial charge in [-0.05, 0) is 25.8 Å². The summed E-state index contributed by atoms with van der Waals surface area (Å²) < 4.78 is 24.8. The molecule has 0 amide bonds. The van der Waals surface area contributed by atoms with Crippen LogP contribution in [0.25, 0.3) is 0 Å². The number of likely N-dealkylation sites (N-methyl/N-ethyl adjacent to an activating group) is 1. The number of carbonyl (C=O) groups excluding carboxylic acids is 1. The van der Waals surface area contributed by atoms with Gasteiger partial charge in [-0.15, -0.1) is 0 Å². The van der Waals surface area contributed by atoms with Crippen LogP contribution in [0.4, 0.5) is 0 Å². The third-order valence-corrected chi connectivity index (χ3v) is 5.89. The topological polar surface area (TPSA) is 57.7 Å². The van der Waals surface area contributed by atoms with Crippen molar-refractivity contribution in [2.45, 2.75) is 31.7 Å². The fourth-order valence-corrected chi connectivity index (χ4v) is 4.51. The van der Waals surface area contributed by atoms with Gasteiger partial charge in [-0.25, -0.2) is 8.42 Å². The fraction of sp³-hybridized carbons (Fsp3) is 0.909. The van der Waals surface area contributed by atoms with Gasteiger partial charge in [0.25, 0.3) is 0 Å². The summed E-state index contributed by atoms with van der Waals surface area (Å²) in [5.41, 5.74) is -0.733. The highest BCUT2D eigenvalue weighted by Crippen LogP contribution is 2.36. The minimum absolute atomic E-state index is 0.115. The maximum Gasteiger partial charge on any atom is 0.221 e. The van der Waals surface area contributed by atoms with Gasteiger partial charge >= 0.3 is 0 Å². The van der Waals surface area contributed by atoms with Crippen molar-refractivity contribution in [1.82, 2.24) is 9.21 Å². The number of carbonyl (C=O) groups is 1. The quantitative estimate of drug-likeness (QED) is 0.705. The molecule has 0 atom stereocenters. The summed E-state index contributed by atoms with van der Waals surface area (Å²) in [7, 11) is -1.80. The van der Waals surface area contributed by atoms with Gasteiger partial charge in [0.2, 0.25) is 10.0 Å². The molecular weight excluding hydrogens is 240 g/mol. The Bertz CT molecular complexity index is 410. The Morgan fingerprint density at radius 1 is 1.29 bits per heavy atom. The SMILES string of the molecule is CCCN1CCC2(CC1)C(=O)CS(=O)(=O)N2C. The third kappa shape index (κ3) is 2.02. The number of ketones is 1. The Balaban J connectivity index is 2.15. The van der Waals surface area contributed by atoms with Gasteiger partial charge in [0.15, 0.2) is 5.78 Å². The zero-order chi connectivity index (χ0) is 12.7. The summed E-state index contributed by atoms with van der Waals surface area (Å²) in [4.78, 5) is 14.3. The van der Waals surface area contributed by atoms with E-state index in [1.54, 1.807) is 7.05 Å². The fourth-order valence-electron chi connectivity index (χ4n) is 2.90. The van der Waals surface area contributed by atoms with E-state index < -0.39 is 15.6 Å². The van der Waals surface area contributed by atoms with Crippen LogP contribution in [0.15, 0.2) is 0 Å². The van der Waals surface area contributed by atoms with Crippen molar-refractivity contribution in [1.29, 1.82) is 0 Å². The van der Waals surface area contributed by atoms with Gasteiger partial charge in [-0.3, -0.25) is 4.79 Å². The monoisotopic (exact) mass is 260 g/mol. The zero-order valence-electron chi connectivity index (χ0n) is 10.5. The van der Waals surface area contributed by atoms with Crippen molar-refractivity contribution in [3.8, 4) is 0 Å². The average molecular weight is 260 g/mol. The van der Waals surface area contributed by atoms with Crippen LogP contribution in [0.3, 0.4) is 0 Å². The van der Waals surface area contributed by atoms with Crippen molar-refractivity contribution in [3.63, 3.8) is 0 Å². The van der Waals surface area contributed by atoms with Gasteiger partial charge in [-0.1, -0.05) is 6.92 Å². The van der Waals surface area contributed by atoms with E-state index in [2.05, 4.69) is 11.8 Å². The van der Waals surface area contributed by atoms with E-state index in [-0.39, 0.29) is 11.5 Å². The van der Waals surface area contributed by atoms with Gasteiger partial charge in [-0.2, -0.15) is 4.31 Å². The van der Waals surface area contributed by atoms with Crippen molar-refractivity contribution in [2.75, 3.05) is 32.4 Å². The predicted octanol–water partition coefficient (Wildman–Crippen LogP) is 0.0753. The predicted molar refractivity (Wildman–Crippen MR) is 65.3 cm³/mol. The van der Waals surface area contributed by atoms with Crippen LogP contribution in [0, 0.1) is 0 Å². The highest BCUT2D eigenvalue weighted by molar-refractivity contribution is 7.90. The van der Waals surface area contributed by atoms with E-state index >= 15 is 0 Å². The van der Waals surface area contributed by atoms with Crippen molar-refractivity contribution >= 4 is 15.8 Å². The molecule has 2 aliphatic heterocycles. The summed E-state index contributed by atoms with van der Waals surface area (Å²) >= 11 is 0. The first-order valence-electron chi connectivity index (χ1n) is 6.15. The number of likely N-dealkylation sites (tertiary alicyclic amines) is 1. The lowest BCUT2D eigenvalue weighted by molar-refractivity contribution is -0.126. The van der Waals surface area contributed by atoms with E-state index in [0.717, 1.165) is 26.1 Å². The second-order valence-electron chi connectivity index (χ2n) is 5.02. The second kappa shape index (κ2) is 4.33. The molecule has 17 heavy (non-hydrogen) atoms. The van der Waals surface area contributed by atoms with Crippen LogP contribution in [-0.2, 0) is 14.8 Å². The molecular formula is C11H20N2O3S. The molecule has 0 unspecified atom stereocenters. The van der Waals surface area contributed by atoms with Gasteiger partial charge in [0.1, 0.15) is 5.75 Å². The molecule has 0 radical (unpaired) electrons. The lowest BCUT2D eigenvalue weighted by Crippen LogP contribution is -2.55. The molecule has 6 heteroatoms. The van der Waals surface area contributed by atoms with Gasteiger partial charge in [0.05, 0.1) is 5.54 Å². The number of rotatable bonds is 2. The zero-order valence-corrected chi connectivity index (χ0v) is 11.3. The number of hydrogen-bond acceptors (Lipinski definition) is 4. The molecule has 0 N–H and O–H groups in total. The molecule has 2 rings (SSSR count). The first-order chi connectivity index (χ1) is 7.92. The molecule has 0 aliphatic carbocycles. The van der Waals surface area contributed by atoms with Crippen molar-refractivity contribution < 1.29 is 13.2 Å². The van der Waals surface area contributed by atoms with Crippen LogP contribution in [-0.4, -0.2) is 61.4 Å². The summed E-state index contributed by atoms with van der Waals surface area (Å²) in [6.45, 7) is 4.79. The highest BCUT2D eigenvalue weighted by atomic mass is 32.2.